The fraction of sp³-hybridized carbons (Fsp3) is 0.130. The van der Waals surface area contributed by atoms with Crippen LogP contribution in [0.4, 0.5) is 20.2 Å². The van der Waals surface area contributed by atoms with Crippen LogP contribution in [0.25, 0.3) is 0 Å². The average Bonchev–Trinajstić information content (AvgIpc) is 3.33. The second kappa shape index (κ2) is 9.51. The van der Waals surface area contributed by atoms with Gasteiger partial charge in [-0.3, -0.25) is 9.59 Å². The lowest BCUT2D eigenvalue weighted by molar-refractivity contribution is -0.117. The Hall–Kier alpha value is -2.09. The first-order chi connectivity index (χ1) is 16.0. The number of para-hydroxylation sites is 1. The van der Waals surface area contributed by atoms with Crippen LogP contribution in [0.15, 0.2) is 54.6 Å². The third-order valence-corrected chi connectivity index (χ3v) is 6.97. The van der Waals surface area contributed by atoms with Crippen molar-refractivity contribution in [3.05, 3.63) is 92.4 Å². The largest absolute Gasteiger partial charge is 0.326 e. The molecule has 0 aromatic heterocycles. The van der Waals surface area contributed by atoms with Crippen LogP contribution >= 0.6 is 58.0 Å². The minimum atomic E-state index is -1.40. The second-order valence-electron chi connectivity index (χ2n) is 7.57. The molecule has 3 aromatic rings. The summed E-state index contributed by atoms with van der Waals surface area (Å²) in [6.07, 6.45) is 0. The number of anilines is 2. The Morgan fingerprint density at radius 1 is 0.853 bits per heavy atom. The van der Waals surface area contributed by atoms with Gasteiger partial charge in [0.1, 0.15) is 21.7 Å². The highest BCUT2D eigenvalue weighted by atomic mass is 35.5. The standard InChI is InChI=1S/C23H13Cl5F2N2O2/c24-11-6-10(7-12(25)8-11)18-19(23(18,27)28)22(34)31-13-4-5-15(26)14(9-13)21(33)32-20-16(29)2-1-3-17(20)30/h1-9,18-19H,(H,31,34)(H,32,33)/t18-,19+/m1/s1. The van der Waals surface area contributed by atoms with Crippen molar-refractivity contribution in [1.29, 1.82) is 0 Å². The van der Waals surface area contributed by atoms with E-state index >= 15 is 0 Å². The Morgan fingerprint density at radius 3 is 2.09 bits per heavy atom. The van der Waals surface area contributed by atoms with E-state index in [4.69, 9.17) is 58.0 Å². The lowest BCUT2D eigenvalue weighted by Gasteiger charge is -2.11. The number of carbonyl (C=O) groups excluding carboxylic acids is 2. The average molecular weight is 565 g/mol. The van der Waals surface area contributed by atoms with Crippen molar-refractivity contribution in [2.24, 2.45) is 5.92 Å². The van der Waals surface area contributed by atoms with E-state index in [-0.39, 0.29) is 16.3 Å². The summed E-state index contributed by atoms with van der Waals surface area (Å²) in [6, 6.07) is 12.0. The molecular weight excluding hydrogens is 552 g/mol. The number of rotatable bonds is 5. The van der Waals surface area contributed by atoms with Gasteiger partial charge in [0.05, 0.1) is 16.5 Å². The zero-order valence-electron chi connectivity index (χ0n) is 16.8. The number of hydrogen-bond donors (Lipinski definition) is 2. The quantitative estimate of drug-likeness (QED) is 0.312. The fourth-order valence-electron chi connectivity index (χ4n) is 3.62. The number of alkyl halides is 2. The number of nitrogens with one attached hydrogen (secondary N) is 2. The predicted octanol–water partition coefficient (Wildman–Crippen LogP) is 7.70. The van der Waals surface area contributed by atoms with E-state index in [2.05, 4.69) is 10.6 Å². The Kier molecular flexibility index (Phi) is 7.00. The molecule has 0 saturated heterocycles. The smallest absolute Gasteiger partial charge is 0.257 e. The number of hydrogen-bond acceptors (Lipinski definition) is 2. The Balaban J connectivity index is 1.53. The van der Waals surface area contributed by atoms with Crippen molar-refractivity contribution < 1.29 is 18.4 Å². The molecule has 0 aliphatic heterocycles. The first-order valence-electron chi connectivity index (χ1n) is 9.68. The summed E-state index contributed by atoms with van der Waals surface area (Å²) in [6.45, 7) is 0. The second-order valence-corrected chi connectivity index (χ2v) is 10.3. The van der Waals surface area contributed by atoms with Crippen LogP contribution in [0.2, 0.25) is 15.1 Å². The summed E-state index contributed by atoms with van der Waals surface area (Å²) in [4.78, 5) is 25.5. The maximum absolute atomic E-state index is 13.9. The van der Waals surface area contributed by atoms with Gasteiger partial charge in [0.2, 0.25) is 5.91 Å². The van der Waals surface area contributed by atoms with Gasteiger partial charge < -0.3 is 10.6 Å². The van der Waals surface area contributed by atoms with Crippen LogP contribution in [0.5, 0.6) is 0 Å². The molecule has 2 atom stereocenters. The Labute approximate surface area is 218 Å². The molecule has 4 rings (SSSR count). The monoisotopic (exact) mass is 562 g/mol. The van der Waals surface area contributed by atoms with E-state index < -0.39 is 45.3 Å². The maximum Gasteiger partial charge on any atom is 0.257 e. The molecule has 0 bridgehead atoms. The van der Waals surface area contributed by atoms with Crippen LogP contribution in [-0.2, 0) is 4.79 Å². The van der Waals surface area contributed by atoms with Crippen molar-refractivity contribution in [3.63, 3.8) is 0 Å². The third-order valence-electron chi connectivity index (χ3n) is 5.26. The Bertz CT molecular complexity index is 1280. The number of halogens is 7. The van der Waals surface area contributed by atoms with Gasteiger partial charge in [0, 0.05) is 21.7 Å². The van der Waals surface area contributed by atoms with E-state index in [0.717, 1.165) is 12.1 Å². The van der Waals surface area contributed by atoms with Gasteiger partial charge in [-0.25, -0.2) is 8.78 Å². The lowest BCUT2D eigenvalue weighted by atomic mass is 10.1. The molecule has 1 fully saturated rings. The van der Waals surface area contributed by atoms with Gasteiger partial charge in [-0.05, 0) is 54.1 Å². The zero-order chi connectivity index (χ0) is 24.8. The van der Waals surface area contributed by atoms with Crippen molar-refractivity contribution in [1.82, 2.24) is 0 Å². The first kappa shape index (κ1) is 25.0. The number of amides is 2. The van der Waals surface area contributed by atoms with E-state index in [9.17, 15) is 18.4 Å². The van der Waals surface area contributed by atoms with Crippen molar-refractivity contribution in [3.8, 4) is 0 Å². The van der Waals surface area contributed by atoms with Crippen molar-refractivity contribution in [2.45, 2.75) is 10.3 Å². The van der Waals surface area contributed by atoms with Crippen LogP contribution in [0.1, 0.15) is 21.8 Å². The van der Waals surface area contributed by atoms with E-state index in [1.54, 1.807) is 18.2 Å². The molecule has 2 amide bonds. The molecule has 0 unspecified atom stereocenters. The van der Waals surface area contributed by atoms with Gasteiger partial charge in [-0.15, -0.1) is 23.2 Å². The molecule has 11 heteroatoms. The third kappa shape index (κ3) is 4.97. The predicted molar refractivity (Wildman–Crippen MR) is 132 cm³/mol. The van der Waals surface area contributed by atoms with Crippen molar-refractivity contribution in [2.75, 3.05) is 10.6 Å². The van der Waals surface area contributed by atoms with Crippen LogP contribution < -0.4 is 10.6 Å². The summed E-state index contributed by atoms with van der Waals surface area (Å²) >= 11 is 30.9. The summed E-state index contributed by atoms with van der Waals surface area (Å²) in [5.74, 6) is -4.67. The number of carbonyl (C=O) groups is 2. The maximum atomic E-state index is 13.9. The summed E-state index contributed by atoms with van der Waals surface area (Å²) in [7, 11) is 0. The minimum Gasteiger partial charge on any atom is -0.326 e. The molecule has 1 aliphatic rings. The summed E-state index contributed by atoms with van der Waals surface area (Å²) in [5, 5.41) is 5.54. The van der Waals surface area contributed by atoms with E-state index in [0.29, 0.717) is 15.6 Å². The lowest BCUT2D eigenvalue weighted by Crippen LogP contribution is -2.18. The molecule has 0 spiro atoms. The normalized spacial score (nSPS) is 18.3. The molecule has 176 valence electrons. The molecule has 1 saturated carbocycles. The van der Waals surface area contributed by atoms with Gasteiger partial charge >= 0.3 is 0 Å². The molecule has 0 heterocycles. The topological polar surface area (TPSA) is 58.2 Å². The molecule has 0 radical (unpaired) electrons. The van der Waals surface area contributed by atoms with E-state index in [1.807, 2.05) is 0 Å². The minimum absolute atomic E-state index is 0.00847. The zero-order valence-corrected chi connectivity index (χ0v) is 20.6. The SMILES string of the molecule is O=C(Nc1c(F)cccc1F)c1cc(NC(=O)[C@@H]2[C@@H](c3cc(Cl)cc(Cl)c3)C2(Cl)Cl)ccc1Cl. The van der Waals surface area contributed by atoms with Gasteiger partial charge in [0.25, 0.3) is 5.91 Å². The fourth-order valence-corrected chi connectivity index (χ4v) is 5.19. The molecule has 1 aliphatic carbocycles. The first-order valence-corrected chi connectivity index (χ1v) is 11.6. The van der Waals surface area contributed by atoms with Crippen LogP contribution in [0.3, 0.4) is 0 Å². The molecule has 2 N–H and O–H groups in total. The van der Waals surface area contributed by atoms with Crippen molar-refractivity contribution >= 4 is 81.2 Å². The molecule has 4 nitrogen and oxygen atoms in total. The van der Waals surface area contributed by atoms with E-state index in [1.165, 1.54) is 24.3 Å². The summed E-state index contributed by atoms with van der Waals surface area (Å²) in [5.41, 5.74) is 0.0744. The van der Waals surface area contributed by atoms with Gasteiger partial charge in [0.15, 0.2) is 0 Å². The highest BCUT2D eigenvalue weighted by molar-refractivity contribution is 6.53. The molecule has 34 heavy (non-hydrogen) atoms. The van der Waals surface area contributed by atoms with Gasteiger partial charge in [-0.1, -0.05) is 40.9 Å². The highest BCUT2D eigenvalue weighted by Gasteiger charge is 2.67. The van der Waals surface area contributed by atoms with Crippen LogP contribution in [0, 0.1) is 17.6 Å². The highest BCUT2D eigenvalue weighted by Crippen LogP contribution is 2.65. The molecular formula is C23H13Cl5F2N2O2. The number of benzene rings is 3. The van der Waals surface area contributed by atoms with Gasteiger partial charge in [-0.2, -0.15) is 0 Å². The summed E-state index contributed by atoms with van der Waals surface area (Å²) < 4.78 is 26.4. The van der Waals surface area contributed by atoms with Crippen LogP contribution in [-0.4, -0.2) is 16.1 Å². The molecule has 3 aromatic carbocycles. The Morgan fingerprint density at radius 2 is 1.47 bits per heavy atom.